The molecular weight excluding hydrogens is 262 g/mol. The number of halogens is 1. The Bertz CT molecular complexity index is 543. The molecular formula is C14H16ClN3O. The average molecular weight is 278 g/mol. The minimum atomic E-state index is 0.510. The van der Waals surface area contributed by atoms with Gasteiger partial charge in [0.1, 0.15) is 0 Å². The first kappa shape index (κ1) is 13.6. The summed E-state index contributed by atoms with van der Waals surface area (Å²) in [6.45, 7) is 4.42. The monoisotopic (exact) mass is 277 g/mol. The van der Waals surface area contributed by atoms with Crippen molar-refractivity contribution in [2.75, 3.05) is 11.9 Å². The van der Waals surface area contributed by atoms with Crippen LogP contribution in [0.15, 0.2) is 30.3 Å². The molecule has 1 heterocycles. The highest BCUT2D eigenvalue weighted by Gasteiger charge is 2.03. The molecule has 100 valence electrons. The second-order valence-electron chi connectivity index (χ2n) is 4.06. The molecule has 0 aliphatic rings. The summed E-state index contributed by atoms with van der Waals surface area (Å²) in [6, 6.07) is 9.64. The van der Waals surface area contributed by atoms with E-state index in [9.17, 15) is 0 Å². The fourth-order valence-electron chi connectivity index (χ4n) is 1.62. The smallest absolute Gasteiger partial charge is 0.230 e. The third-order valence-electron chi connectivity index (χ3n) is 2.49. The molecule has 1 aromatic heterocycles. The van der Waals surface area contributed by atoms with Crippen LogP contribution < -0.4 is 10.1 Å². The van der Waals surface area contributed by atoms with Crippen LogP contribution in [0.25, 0.3) is 0 Å². The summed E-state index contributed by atoms with van der Waals surface area (Å²) in [7, 11) is 0. The van der Waals surface area contributed by atoms with Crippen LogP contribution in [0.5, 0.6) is 5.88 Å². The summed E-state index contributed by atoms with van der Waals surface area (Å²) >= 11 is 5.75. The highest BCUT2D eigenvalue weighted by atomic mass is 35.5. The topological polar surface area (TPSA) is 47.0 Å². The maximum absolute atomic E-state index is 5.75. The lowest BCUT2D eigenvalue weighted by molar-refractivity contribution is 0.326. The fourth-order valence-corrected chi connectivity index (χ4v) is 1.80. The number of anilines is 2. The van der Waals surface area contributed by atoms with E-state index in [-0.39, 0.29) is 0 Å². The van der Waals surface area contributed by atoms with E-state index in [0.29, 0.717) is 24.3 Å². The molecule has 5 heteroatoms. The van der Waals surface area contributed by atoms with Crippen LogP contribution in [-0.2, 0) is 5.88 Å². The predicted molar refractivity (Wildman–Crippen MR) is 77.2 cm³/mol. The third kappa shape index (κ3) is 3.83. The minimum absolute atomic E-state index is 0.510. The van der Waals surface area contributed by atoms with Gasteiger partial charge in [0.05, 0.1) is 6.61 Å². The van der Waals surface area contributed by atoms with Crippen molar-refractivity contribution in [3.05, 3.63) is 41.6 Å². The van der Waals surface area contributed by atoms with Gasteiger partial charge < -0.3 is 10.1 Å². The lowest BCUT2D eigenvalue weighted by Gasteiger charge is -2.08. The summed E-state index contributed by atoms with van der Waals surface area (Å²) in [6.07, 6.45) is 0. The first-order valence-electron chi connectivity index (χ1n) is 6.11. The van der Waals surface area contributed by atoms with Crippen molar-refractivity contribution in [2.45, 2.75) is 19.7 Å². The van der Waals surface area contributed by atoms with E-state index in [1.165, 1.54) is 0 Å². The number of hydrogen-bond acceptors (Lipinski definition) is 4. The summed E-state index contributed by atoms with van der Waals surface area (Å²) in [5.41, 5.74) is 2.85. The summed E-state index contributed by atoms with van der Waals surface area (Å²) < 4.78 is 5.39. The van der Waals surface area contributed by atoms with Gasteiger partial charge in [-0.05, 0) is 31.5 Å². The number of nitrogens with one attached hydrogen (secondary N) is 1. The molecule has 0 saturated heterocycles. The van der Waals surface area contributed by atoms with Crippen molar-refractivity contribution in [2.24, 2.45) is 0 Å². The lowest BCUT2D eigenvalue weighted by atomic mass is 10.2. The van der Waals surface area contributed by atoms with E-state index in [0.717, 1.165) is 16.9 Å². The number of nitrogens with zero attached hydrogens (tertiary/aromatic N) is 2. The zero-order valence-electron chi connectivity index (χ0n) is 11.0. The molecule has 0 bridgehead atoms. The van der Waals surface area contributed by atoms with Gasteiger partial charge >= 0.3 is 0 Å². The molecule has 1 N–H and O–H groups in total. The third-order valence-corrected chi connectivity index (χ3v) is 2.80. The number of aromatic nitrogens is 2. The number of aryl methyl sites for hydroxylation is 1. The quantitative estimate of drug-likeness (QED) is 0.847. The Hall–Kier alpha value is -1.81. The van der Waals surface area contributed by atoms with Gasteiger partial charge in [0, 0.05) is 23.3 Å². The molecule has 19 heavy (non-hydrogen) atoms. The van der Waals surface area contributed by atoms with E-state index in [1.54, 1.807) is 0 Å². The van der Waals surface area contributed by atoms with Gasteiger partial charge in [0.2, 0.25) is 11.8 Å². The molecule has 0 unspecified atom stereocenters. The van der Waals surface area contributed by atoms with E-state index in [4.69, 9.17) is 16.3 Å². The van der Waals surface area contributed by atoms with Crippen LogP contribution in [0.2, 0.25) is 0 Å². The Balaban J connectivity index is 2.17. The number of benzene rings is 1. The van der Waals surface area contributed by atoms with E-state index >= 15 is 0 Å². The summed E-state index contributed by atoms with van der Waals surface area (Å²) in [5, 5.41) is 3.15. The fraction of sp³-hybridized carbons (Fsp3) is 0.286. The van der Waals surface area contributed by atoms with Gasteiger partial charge in [-0.1, -0.05) is 12.1 Å². The number of alkyl halides is 1. The number of ether oxygens (including phenoxy) is 1. The van der Waals surface area contributed by atoms with E-state index in [2.05, 4.69) is 15.3 Å². The molecule has 0 aliphatic carbocycles. The van der Waals surface area contributed by atoms with Crippen molar-refractivity contribution in [1.82, 2.24) is 9.97 Å². The zero-order chi connectivity index (χ0) is 13.7. The Morgan fingerprint density at radius 3 is 2.58 bits per heavy atom. The molecule has 0 atom stereocenters. The van der Waals surface area contributed by atoms with Crippen LogP contribution in [0, 0.1) is 6.92 Å². The zero-order valence-corrected chi connectivity index (χ0v) is 11.7. The lowest BCUT2D eigenvalue weighted by Crippen LogP contribution is -2.02. The van der Waals surface area contributed by atoms with Crippen molar-refractivity contribution in [3.63, 3.8) is 0 Å². The highest BCUT2D eigenvalue weighted by Crippen LogP contribution is 2.18. The molecule has 0 spiro atoms. The van der Waals surface area contributed by atoms with Crippen molar-refractivity contribution in [1.29, 1.82) is 0 Å². The molecule has 0 amide bonds. The average Bonchev–Trinajstić information content (AvgIpc) is 2.39. The number of hydrogen-bond donors (Lipinski definition) is 1. The molecule has 2 aromatic rings. The van der Waals surface area contributed by atoms with Crippen LogP contribution in [-0.4, -0.2) is 16.6 Å². The Morgan fingerprint density at radius 1 is 1.21 bits per heavy atom. The van der Waals surface area contributed by atoms with Gasteiger partial charge in [0.25, 0.3) is 0 Å². The Labute approximate surface area is 117 Å². The van der Waals surface area contributed by atoms with Crippen LogP contribution in [0.1, 0.15) is 18.2 Å². The molecule has 0 aliphatic heterocycles. The SMILES string of the molecule is CCOc1cc(C)nc(Nc2ccc(CCl)cc2)n1. The van der Waals surface area contributed by atoms with Crippen molar-refractivity contribution < 1.29 is 4.74 Å². The van der Waals surface area contributed by atoms with Gasteiger partial charge in [-0.15, -0.1) is 11.6 Å². The van der Waals surface area contributed by atoms with Gasteiger partial charge in [0.15, 0.2) is 0 Å². The molecule has 1 aromatic carbocycles. The van der Waals surface area contributed by atoms with Crippen molar-refractivity contribution >= 4 is 23.2 Å². The van der Waals surface area contributed by atoms with Gasteiger partial charge in [-0.2, -0.15) is 4.98 Å². The first-order chi connectivity index (χ1) is 9.21. The maximum Gasteiger partial charge on any atom is 0.230 e. The Kier molecular flexibility index (Phi) is 4.58. The van der Waals surface area contributed by atoms with Gasteiger partial charge in [-0.3, -0.25) is 0 Å². The molecule has 0 fully saturated rings. The van der Waals surface area contributed by atoms with Crippen LogP contribution in [0.3, 0.4) is 0 Å². The minimum Gasteiger partial charge on any atom is -0.478 e. The van der Waals surface area contributed by atoms with Crippen molar-refractivity contribution in [3.8, 4) is 5.88 Å². The molecule has 2 rings (SSSR count). The number of rotatable bonds is 5. The summed E-state index contributed by atoms with van der Waals surface area (Å²) in [5.74, 6) is 1.62. The molecule has 4 nitrogen and oxygen atoms in total. The molecule has 0 radical (unpaired) electrons. The van der Waals surface area contributed by atoms with Crippen LogP contribution >= 0.6 is 11.6 Å². The van der Waals surface area contributed by atoms with E-state index < -0.39 is 0 Å². The first-order valence-corrected chi connectivity index (χ1v) is 6.65. The predicted octanol–water partition coefficient (Wildman–Crippen LogP) is 3.67. The highest BCUT2D eigenvalue weighted by molar-refractivity contribution is 6.17. The van der Waals surface area contributed by atoms with Crippen LogP contribution in [0.4, 0.5) is 11.6 Å². The second-order valence-corrected chi connectivity index (χ2v) is 4.33. The summed E-state index contributed by atoms with van der Waals surface area (Å²) in [4.78, 5) is 8.62. The standard InChI is InChI=1S/C14H16ClN3O/c1-3-19-13-8-10(2)16-14(18-13)17-12-6-4-11(9-15)5-7-12/h4-8H,3,9H2,1-2H3,(H,16,17,18). The van der Waals surface area contributed by atoms with Gasteiger partial charge in [-0.25, -0.2) is 4.98 Å². The maximum atomic E-state index is 5.75. The largest absolute Gasteiger partial charge is 0.478 e. The normalized spacial score (nSPS) is 10.3. The second kappa shape index (κ2) is 6.38. The Morgan fingerprint density at radius 2 is 1.95 bits per heavy atom. The molecule has 0 saturated carbocycles. The van der Waals surface area contributed by atoms with E-state index in [1.807, 2.05) is 44.2 Å².